The predicted molar refractivity (Wildman–Crippen MR) is 163 cm³/mol. The standard InChI is InChI=1S/C32H40N6O4/c1-32(2,3)25-10-7-23(8-11-25)27(39)18-22-6-5-13-38(21-22)29-19-26(31(41)36(4)35-29)34-28-12-9-24(20-33-28)30(40)37-14-16-42-17-15-37/h7-12,19-20,22H,5-6,13-18,21H2,1-4H3,(H,33,34)/t22-/m0/s1. The lowest BCUT2D eigenvalue weighted by molar-refractivity contribution is 0.0302. The number of carbonyl (C=O) groups is 2. The summed E-state index contributed by atoms with van der Waals surface area (Å²) in [7, 11) is 1.63. The van der Waals surface area contributed by atoms with Gasteiger partial charge in [0.25, 0.3) is 11.5 Å². The van der Waals surface area contributed by atoms with Gasteiger partial charge in [0, 0.05) is 57.5 Å². The second kappa shape index (κ2) is 12.4. The molecule has 5 rings (SSSR count). The first kappa shape index (κ1) is 29.4. The number of pyridine rings is 1. The molecule has 0 aliphatic carbocycles. The zero-order valence-electron chi connectivity index (χ0n) is 24.9. The van der Waals surface area contributed by atoms with Gasteiger partial charge in [0.2, 0.25) is 0 Å². The molecule has 0 saturated carbocycles. The largest absolute Gasteiger partial charge is 0.378 e. The van der Waals surface area contributed by atoms with Gasteiger partial charge in [0.1, 0.15) is 11.5 Å². The van der Waals surface area contributed by atoms with E-state index >= 15 is 0 Å². The van der Waals surface area contributed by atoms with Crippen molar-refractivity contribution in [1.82, 2.24) is 19.7 Å². The van der Waals surface area contributed by atoms with Crippen molar-refractivity contribution in [2.45, 2.75) is 45.4 Å². The van der Waals surface area contributed by atoms with Crippen LogP contribution in [0.15, 0.2) is 53.5 Å². The van der Waals surface area contributed by atoms with Crippen LogP contribution in [0.3, 0.4) is 0 Å². The van der Waals surface area contributed by atoms with E-state index in [1.165, 1.54) is 16.4 Å². The fourth-order valence-electron chi connectivity index (χ4n) is 5.49. The summed E-state index contributed by atoms with van der Waals surface area (Å²) in [4.78, 5) is 47.0. The minimum Gasteiger partial charge on any atom is -0.378 e. The van der Waals surface area contributed by atoms with Gasteiger partial charge in [0.15, 0.2) is 11.6 Å². The average Bonchev–Trinajstić information content (AvgIpc) is 2.99. The van der Waals surface area contributed by atoms with Gasteiger partial charge >= 0.3 is 0 Å². The third-order valence-electron chi connectivity index (χ3n) is 8.01. The van der Waals surface area contributed by atoms with E-state index in [0.29, 0.717) is 62.2 Å². The SMILES string of the molecule is Cn1nc(N2CCC[C@@H](CC(=O)c3ccc(C(C)(C)C)cc3)C2)cc(Nc2ccc(C(=O)N3CCOCC3)cn2)c1=O. The van der Waals surface area contributed by atoms with Crippen molar-refractivity contribution in [3.05, 3.63) is 75.7 Å². The van der Waals surface area contributed by atoms with Gasteiger partial charge in [-0.15, -0.1) is 0 Å². The number of hydrogen-bond donors (Lipinski definition) is 1. The molecule has 4 heterocycles. The van der Waals surface area contributed by atoms with Crippen LogP contribution in [0.5, 0.6) is 0 Å². The zero-order valence-corrected chi connectivity index (χ0v) is 24.9. The first-order valence-electron chi connectivity index (χ1n) is 14.7. The highest BCUT2D eigenvalue weighted by molar-refractivity contribution is 5.96. The smallest absolute Gasteiger partial charge is 0.290 e. The molecule has 2 aromatic heterocycles. The number of Topliss-reactive ketones (excluding diaryl/α,β-unsaturated/α-hetero) is 1. The van der Waals surface area contributed by atoms with E-state index in [4.69, 9.17) is 4.74 Å². The van der Waals surface area contributed by atoms with Crippen LogP contribution in [0.4, 0.5) is 17.3 Å². The van der Waals surface area contributed by atoms with E-state index < -0.39 is 0 Å². The summed E-state index contributed by atoms with van der Waals surface area (Å²) < 4.78 is 6.64. The Balaban J connectivity index is 1.25. The number of hydrogen-bond acceptors (Lipinski definition) is 8. The molecule has 42 heavy (non-hydrogen) atoms. The normalized spacial score (nSPS) is 17.7. The van der Waals surface area contributed by atoms with E-state index in [2.05, 4.69) is 41.1 Å². The van der Waals surface area contributed by atoms with Gasteiger partial charge in [-0.2, -0.15) is 5.10 Å². The van der Waals surface area contributed by atoms with Gasteiger partial charge < -0.3 is 19.9 Å². The van der Waals surface area contributed by atoms with Crippen LogP contribution in [0.2, 0.25) is 0 Å². The van der Waals surface area contributed by atoms with Crippen LogP contribution < -0.4 is 15.8 Å². The average molecular weight is 573 g/mol. The molecule has 2 saturated heterocycles. The summed E-state index contributed by atoms with van der Waals surface area (Å²) in [6, 6.07) is 13.1. The van der Waals surface area contributed by atoms with Gasteiger partial charge in [-0.3, -0.25) is 14.4 Å². The topological polar surface area (TPSA) is 110 Å². The third kappa shape index (κ3) is 6.87. The van der Waals surface area contributed by atoms with Gasteiger partial charge in [-0.25, -0.2) is 9.67 Å². The molecular weight excluding hydrogens is 532 g/mol. The maximum Gasteiger partial charge on any atom is 0.290 e. The summed E-state index contributed by atoms with van der Waals surface area (Å²) in [5, 5.41) is 7.62. The zero-order chi connectivity index (χ0) is 29.9. The molecule has 0 bridgehead atoms. The molecule has 1 N–H and O–H groups in total. The van der Waals surface area contributed by atoms with E-state index in [-0.39, 0.29) is 28.6 Å². The fourth-order valence-corrected chi connectivity index (χ4v) is 5.49. The molecular formula is C32H40N6O4. The number of amides is 1. The van der Waals surface area contributed by atoms with Gasteiger partial charge in [-0.05, 0) is 41.9 Å². The maximum absolute atomic E-state index is 13.1. The highest BCUT2D eigenvalue weighted by Gasteiger charge is 2.25. The molecule has 10 heteroatoms. The molecule has 10 nitrogen and oxygen atoms in total. The first-order chi connectivity index (χ1) is 20.1. The summed E-state index contributed by atoms with van der Waals surface area (Å²) in [5.74, 6) is 1.40. The molecule has 0 radical (unpaired) electrons. The van der Waals surface area contributed by atoms with E-state index in [1.807, 2.05) is 24.3 Å². The number of anilines is 3. The molecule has 1 amide bonds. The Morgan fingerprint density at radius 1 is 1.02 bits per heavy atom. The van der Waals surface area contributed by atoms with Crippen molar-refractivity contribution in [3.63, 3.8) is 0 Å². The van der Waals surface area contributed by atoms with E-state index in [9.17, 15) is 14.4 Å². The molecule has 1 atom stereocenters. The number of aryl methyl sites for hydroxylation is 1. The van der Waals surface area contributed by atoms with Crippen molar-refractivity contribution < 1.29 is 14.3 Å². The minimum atomic E-state index is -0.281. The predicted octanol–water partition coefficient (Wildman–Crippen LogP) is 4.18. The van der Waals surface area contributed by atoms with Crippen molar-refractivity contribution in [2.75, 3.05) is 49.6 Å². The second-order valence-electron chi connectivity index (χ2n) is 12.2. The quantitative estimate of drug-likeness (QED) is 0.420. The molecule has 0 spiro atoms. The Labute approximate surface area is 246 Å². The van der Waals surface area contributed by atoms with E-state index in [0.717, 1.165) is 24.9 Å². The third-order valence-corrected chi connectivity index (χ3v) is 8.01. The summed E-state index contributed by atoms with van der Waals surface area (Å²) in [5.41, 5.74) is 2.56. The first-order valence-corrected chi connectivity index (χ1v) is 14.7. The molecule has 2 aliphatic heterocycles. The molecule has 222 valence electrons. The van der Waals surface area contributed by atoms with E-state index in [1.54, 1.807) is 30.1 Å². The van der Waals surface area contributed by atoms with Gasteiger partial charge in [0.05, 0.1) is 18.8 Å². The van der Waals surface area contributed by atoms with Crippen LogP contribution in [-0.2, 0) is 17.2 Å². The number of rotatable bonds is 7. The lowest BCUT2D eigenvalue weighted by Gasteiger charge is -2.33. The Morgan fingerprint density at radius 3 is 2.40 bits per heavy atom. The molecule has 3 aromatic rings. The Bertz CT molecular complexity index is 1470. The number of nitrogens with one attached hydrogen (secondary N) is 1. The second-order valence-corrected chi connectivity index (χ2v) is 12.2. The van der Waals surface area contributed by atoms with Crippen molar-refractivity contribution >= 4 is 29.0 Å². The van der Waals surface area contributed by atoms with Crippen LogP contribution in [0.1, 0.15) is 66.3 Å². The van der Waals surface area contributed by atoms with Crippen molar-refractivity contribution in [3.8, 4) is 0 Å². The Morgan fingerprint density at radius 2 is 1.74 bits per heavy atom. The Hall–Kier alpha value is -4.05. The van der Waals surface area contributed by atoms with Crippen molar-refractivity contribution in [2.24, 2.45) is 13.0 Å². The van der Waals surface area contributed by atoms with Gasteiger partial charge in [-0.1, -0.05) is 45.0 Å². The van der Waals surface area contributed by atoms with Crippen molar-refractivity contribution in [1.29, 1.82) is 0 Å². The number of morpholine rings is 1. The molecule has 2 aliphatic rings. The number of ether oxygens (including phenoxy) is 1. The van der Waals surface area contributed by atoms with Crippen LogP contribution in [-0.4, -0.2) is 70.7 Å². The van der Waals surface area contributed by atoms with Crippen LogP contribution in [0.25, 0.3) is 0 Å². The number of benzene rings is 1. The number of piperidine rings is 1. The van der Waals surface area contributed by atoms with Crippen LogP contribution >= 0.6 is 0 Å². The number of aromatic nitrogens is 3. The summed E-state index contributed by atoms with van der Waals surface area (Å²) >= 11 is 0. The fraction of sp³-hybridized carbons (Fsp3) is 0.469. The lowest BCUT2D eigenvalue weighted by Crippen LogP contribution is -2.40. The van der Waals surface area contributed by atoms with Crippen LogP contribution in [0, 0.1) is 5.92 Å². The monoisotopic (exact) mass is 572 g/mol. The lowest BCUT2D eigenvalue weighted by atomic mass is 9.85. The number of carbonyl (C=O) groups excluding carboxylic acids is 2. The highest BCUT2D eigenvalue weighted by Crippen LogP contribution is 2.27. The molecule has 2 fully saturated rings. The highest BCUT2D eigenvalue weighted by atomic mass is 16.5. The Kier molecular flexibility index (Phi) is 8.72. The maximum atomic E-state index is 13.1. The number of ketones is 1. The number of nitrogens with zero attached hydrogens (tertiary/aromatic N) is 5. The molecule has 0 unspecified atom stereocenters. The summed E-state index contributed by atoms with van der Waals surface area (Å²) in [6.07, 6.45) is 3.91. The minimum absolute atomic E-state index is 0.0452. The molecule has 1 aromatic carbocycles. The summed E-state index contributed by atoms with van der Waals surface area (Å²) in [6.45, 7) is 10.2.